The van der Waals surface area contributed by atoms with Crippen molar-refractivity contribution in [2.45, 2.75) is 6.54 Å². The van der Waals surface area contributed by atoms with Crippen LogP contribution in [0.25, 0.3) is 17.0 Å². The normalized spacial score (nSPS) is 11.4. The minimum Gasteiger partial charge on any atom is -0.350 e. The SMILES string of the molecule is Cn1cc(C=C(NC(=O)c2ccccc2)C(=O)NCc2ccc(F)cc2)c2ccccc21. The Morgan fingerprint density at radius 2 is 1.62 bits per heavy atom. The van der Waals surface area contributed by atoms with Crippen LogP contribution < -0.4 is 10.6 Å². The number of amides is 2. The van der Waals surface area contributed by atoms with Gasteiger partial charge >= 0.3 is 0 Å². The van der Waals surface area contributed by atoms with E-state index in [2.05, 4.69) is 10.6 Å². The molecule has 2 amide bonds. The van der Waals surface area contributed by atoms with E-state index in [9.17, 15) is 14.0 Å². The Hall–Kier alpha value is -4.19. The molecular weight excluding hydrogens is 405 g/mol. The van der Waals surface area contributed by atoms with Gasteiger partial charge in [0, 0.05) is 41.8 Å². The van der Waals surface area contributed by atoms with Gasteiger partial charge in [0.2, 0.25) is 0 Å². The largest absolute Gasteiger partial charge is 0.350 e. The highest BCUT2D eigenvalue weighted by Crippen LogP contribution is 2.22. The van der Waals surface area contributed by atoms with Crippen molar-refractivity contribution in [1.29, 1.82) is 0 Å². The number of aromatic nitrogens is 1. The van der Waals surface area contributed by atoms with Crippen LogP contribution in [0.4, 0.5) is 4.39 Å². The maximum absolute atomic E-state index is 13.1. The third-order valence-corrected chi connectivity index (χ3v) is 5.12. The summed E-state index contributed by atoms with van der Waals surface area (Å²) in [6.45, 7) is 0.202. The van der Waals surface area contributed by atoms with Crippen LogP contribution in [0.1, 0.15) is 21.5 Å². The Morgan fingerprint density at radius 1 is 0.938 bits per heavy atom. The zero-order valence-electron chi connectivity index (χ0n) is 17.5. The molecule has 0 bridgehead atoms. The van der Waals surface area contributed by atoms with E-state index in [1.165, 1.54) is 12.1 Å². The Kier molecular flexibility index (Phi) is 6.12. The molecule has 0 unspecified atom stereocenters. The van der Waals surface area contributed by atoms with Crippen molar-refractivity contribution in [2.24, 2.45) is 7.05 Å². The number of nitrogens with one attached hydrogen (secondary N) is 2. The number of aryl methyl sites for hydroxylation is 1. The molecule has 1 heterocycles. The molecule has 0 aliphatic rings. The van der Waals surface area contributed by atoms with Gasteiger partial charge in [-0.25, -0.2) is 4.39 Å². The number of nitrogens with zero attached hydrogens (tertiary/aromatic N) is 1. The number of halogens is 1. The third-order valence-electron chi connectivity index (χ3n) is 5.12. The van der Waals surface area contributed by atoms with Gasteiger partial charge in [-0.05, 0) is 42.0 Å². The maximum atomic E-state index is 13.1. The monoisotopic (exact) mass is 427 g/mol. The van der Waals surface area contributed by atoms with Gasteiger partial charge < -0.3 is 15.2 Å². The number of rotatable bonds is 6. The van der Waals surface area contributed by atoms with E-state index in [4.69, 9.17) is 0 Å². The first-order chi connectivity index (χ1) is 15.5. The Balaban J connectivity index is 1.63. The van der Waals surface area contributed by atoms with Crippen molar-refractivity contribution in [3.05, 3.63) is 113 Å². The summed E-state index contributed by atoms with van der Waals surface area (Å²) < 4.78 is 15.1. The number of para-hydroxylation sites is 1. The smallest absolute Gasteiger partial charge is 0.268 e. The molecule has 0 atom stereocenters. The highest BCUT2D eigenvalue weighted by Gasteiger charge is 2.16. The quantitative estimate of drug-likeness (QED) is 0.448. The summed E-state index contributed by atoms with van der Waals surface area (Å²) in [5.41, 5.74) is 3.14. The Labute approximate surface area is 185 Å². The molecule has 0 saturated heterocycles. The average molecular weight is 427 g/mol. The molecule has 160 valence electrons. The topological polar surface area (TPSA) is 63.1 Å². The van der Waals surface area contributed by atoms with Gasteiger partial charge in [0.25, 0.3) is 11.8 Å². The first-order valence-corrected chi connectivity index (χ1v) is 10.2. The van der Waals surface area contributed by atoms with Crippen molar-refractivity contribution in [2.75, 3.05) is 0 Å². The van der Waals surface area contributed by atoms with Gasteiger partial charge in [-0.2, -0.15) is 0 Å². The Bertz CT molecular complexity index is 1290. The lowest BCUT2D eigenvalue weighted by Gasteiger charge is -2.11. The molecule has 4 rings (SSSR count). The van der Waals surface area contributed by atoms with Crippen LogP contribution in [0.5, 0.6) is 0 Å². The zero-order valence-corrected chi connectivity index (χ0v) is 17.5. The van der Waals surface area contributed by atoms with Crippen LogP contribution in [-0.4, -0.2) is 16.4 Å². The predicted octanol–water partition coefficient (Wildman–Crippen LogP) is 4.40. The second-order valence-corrected chi connectivity index (χ2v) is 7.40. The van der Waals surface area contributed by atoms with Crippen molar-refractivity contribution in [1.82, 2.24) is 15.2 Å². The molecule has 0 aliphatic carbocycles. The minimum absolute atomic E-state index is 0.123. The van der Waals surface area contributed by atoms with Crippen molar-refractivity contribution < 1.29 is 14.0 Å². The zero-order chi connectivity index (χ0) is 22.5. The lowest BCUT2D eigenvalue weighted by atomic mass is 10.1. The first kappa shape index (κ1) is 21.1. The molecule has 0 saturated carbocycles. The van der Waals surface area contributed by atoms with Crippen molar-refractivity contribution in [3.63, 3.8) is 0 Å². The van der Waals surface area contributed by atoms with E-state index in [0.717, 1.165) is 22.0 Å². The van der Waals surface area contributed by atoms with Crippen LogP contribution >= 0.6 is 0 Å². The molecule has 32 heavy (non-hydrogen) atoms. The van der Waals surface area contributed by atoms with E-state index in [1.807, 2.05) is 48.1 Å². The van der Waals surface area contributed by atoms with Crippen LogP contribution in [-0.2, 0) is 18.4 Å². The van der Waals surface area contributed by atoms with Gasteiger partial charge in [-0.1, -0.05) is 48.5 Å². The summed E-state index contributed by atoms with van der Waals surface area (Å²) in [7, 11) is 1.93. The van der Waals surface area contributed by atoms with E-state index < -0.39 is 5.91 Å². The van der Waals surface area contributed by atoms with Crippen LogP contribution in [0.3, 0.4) is 0 Å². The molecular formula is C26H22FN3O2. The fraction of sp³-hybridized carbons (Fsp3) is 0.0769. The summed E-state index contributed by atoms with van der Waals surface area (Å²) in [5, 5.41) is 6.51. The lowest BCUT2D eigenvalue weighted by Crippen LogP contribution is -2.34. The summed E-state index contributed by atoms with van der Waals surface area (Å²) in [5.74, 6) is -1.16. The molecule has 4 aromatic rings. The van der Waals surface area contributed by atoms with Crippen molar-refractivity contribution in [3.8, 4) is 0 Å². The second-order valence-electron chi connectivity index (χ2n) is 7.40. The molecule has 6 heteroatoms. The van der Waals surface area contributed by atoms with E-state index >= 15 is 0 Å². The van der Waals surface area contributed by atoms with Gasteiger partial charge in [0.1, 0.15) is 11.5 Å². The summed E-state index contributed by atoms with van der Waals surface area (Å²) in [6.07, 6.45) is 3.58. The lowest BCUT2D eigenvalue weighted by molar-refractivity contribution is -0.117. The Morgan fingerprint density at radius 3 is 2.38 bits per heavy atom. The van der Waals surface area contributed by atoms with Gasteiger partial charge in [-0.15, -0.1) is 0 Å². The average Bonchev–Trinajstić information content (AvgIpc) is 3.14. The number of hydrogen-bond donors (Lipinski definition) is 2. The molecule has 0 radical (unpaired) electrons. The summed E-state index contributed by atoms with van der Waals surface area (Å²) in [4.78, 5) is 25.8. The molecule has 0 fully saturated rings. The summed E-state index contributed by atoms with van der Waals surface area (Å²) in [6, 6.07) is 22.4. The second kappa shape index (κ2) is 9.31. The van der Waals surface area contributed by atoms with Gasteiger partial charge in [0.05, 0.1) is 0 Å². The molecule has 5 nitrogen and oxygen atoms in total. The third kappa shape index (κ3) is 4.75. The van der Waals surface area contributed by atoms with Gasteiger partial charge in [0.15, 0.2) is 0 Å². The summed E-state index contributed by atoms with van der Waals surface area (Å²) >= 11 is 0. The van der Waals surface area contributed by atoms with E-state index in [0.29, 0.717) is 5.56 Å². The first-order valence-electron chi connectivity index (χ1n) is 10.2. The van der Waals surface area contributed by atoms with Gasteiger partial charge in [-0.3, -0.25) is 9.59 Å². The number of carbonyl (C=O) groups excluding carboxylic acids is 2. The van der Waals surface area contributed by atoms with Crippen molar-refractivity contribution >= 4 is 28.8 Å². The molecule has 0 aliphatic heterocycles. The molecule has 2 N–H and O–H groups in total. The molecule has 3 aromatic carbocycles. The number of benzene rings is 3. The highest BCUT2D eigenvalue weighted by atomic mass is 19.1. The number of hydrogen-bond acceptors (Lipinski definition) is 2. The number of fused-ring (bicyclic) bond motifs is 1. The highest BCUT2D eigenvalue weighted by molar-refractivity contribution is 6.06. The molecule has 0 spiro atoms. The minimum atomic E-state index is -0.438. The predicted molar refractivity (Wildman–Crippen MR) is 123 cm³/mol. The van der Waals surface area contributed by atoms with Crippen LogP contribution in [0, 0.1) is 5.82 Å². The fourth-order valence-corrected chi connectivity index (χ4v) is 3.47. The fourth-order valence-electron chi connectivity index (χ4n) is 3.47. The van der Waals surface area contributed by atoms with E-state index in [-0.39, 0.29) is 24.0 Å². The standard InChI is InChI=1S/C26H22FN3O2/c1-30-17-20(22-9-5-6-10-24(22)30)15-23(29-25(31)19-7-3-2-4-8-19)26(32)28-16-18-11-13-21(27)14-12-18/h2-15,17H,16H2,1H3,(H,28,32)(H,29,31). The molecule has 1 aromatic heterocycles. The maximum Gasteiger partial charge on any atom is 0.268 e. The van der Waals surface area contributed by atoms with E-state index in [1.54, 1.807) is 42.5 Å². The van der Waals surface area contributed by atoms with Crippen LogP contribution in [0.15, 0.2) is 90.8 Å². The van der Waals surface area contributed by atoms with Crippen LogP contribution in [0.2, 0.25) is 0 Å². The number of carbonyl (C=O) groups is 2.